The molecule has 0 saturated carbocycles. The van der Waals surface area contributed by atoms with Crippen LogP contribution in [-0.4, -0.2) is 11.1 Å². The molecule has 140 valence electrons. The lowest BCUT2D eigenvalue weighted by Gasteiger charge is -2.19. The highest BCUT2D eigenvalue weighted by Crippen LogP contribution is 2.39. The second kappa shape index (κ2) is 7.03. The van der Waals surface area contributed by atoms with Crippen LogP contribution in [0, 0.1) is 25.5 Å². The van der Waals surface area contributed by atoms with E-state index in [2.05, 4.69) is 0 Å². The molecule has 0 aliphatic carbocycles. The van der Waals surface area contributed by atoms with E-state index in [0.717, 1.165) is 18.2 Å². The Balaban J connectivity index is 2.77. The van der Waals surface area contributed by atoms with Gasteiger partial charge in [-0.15, -0.1) is 0 Å². The molecule has 0 aliphatic rings. The van der Waals surface area contributed by atoms with Crippen LogP contribution in [0.3, 0.4) is 0 Å². The van der Waals surface area contributed by atoms with Crippen molar-refractivity contribution in [1.82, 2.24) is 0 Å². The summed E-state index contributed by atoms with van der Waals surface area (Å²) in [5.41, 5.74) is 4.52. The van der Waals surface area contributed by atoms with E-state index >= 15 is 0 Å². The van der Waals surface area contributed by atoms with Gasteiger partial charge >= 0.3 is 12.1 Å². The van der Waals surface area contributed by atoms with E-state index in [1.165, 1.54) is 13.8 Å². The monoisotopic (exact) mass is 373 g/mol. The molecule has 0 aromatic heterocycles. The van der Waals surface area contributed by atoms with Gasteiger partial charge in [-0.25, -0.2) is 8.78 Å². The number of hydrogen-bond acceptors (Lipinski definition) is 2. The molecule has 0 spiro atoms. The van der Waals surface area contributed by atoms with Gasteiger partial charge in [0.25, 0.3) is 0 Å². The second-order valence-corrected chi connectivity index (χ2v) is 6.04. The molecule has 2 rings (SSSR count). The Hall–Kier alpha value is -2.48. The molecule has 3 nitrogen and oxygen atoms in total. The molecule has 0 amide bonds. The van der Waals surface area contributed by atoms with E-state index in [1.54, 1.807) is 0 Å². The van der Waals surface area contributed by atoms with Crippen LogP contribution in [0.4, 0.5) is 22.0 Å². The topological polar surface area (TPSA) is 63.3 Å². The maximum Gasteiger partial charge on any atom is 0.419 e. The van der Waals surface area contributed by atoms with Crippen LogP contribution >= 0.6 is 0 Å². The number of halogens is 5. The zero-order valence-electron chi connectivity index (χ0n) is 13.9. The molecule has 2 aromatic rings. The van der Waals surface area contributed by atoms with Gasteiger partial charge in [-0.2, -0.15) is 13.2 Å². The Labute approximate surface area is 146 Å². The predicted octanol–water partition coefficient (Wildman–Crippen LogP) is 4.74. The first-order chi connectivity index (χ1) is 11.9. The molecule has 8 heteroatoms. The Morgan fingerprint density at radius 3 is 2.12 bits per heavy atom. The highest BCUT2D eigenvalue weighted by molar-refractivity contribution is 5.73. The molecule has 0 aliphatic heterocycles. The Kier molecular flexibility index (Phi) is 5.36. The molecule has 1 unspecified atom stereocenters. The van der Waals surface area contributed by atoms with Crippen LogP contribution < -0.4 is 5.73 Å². The minimum atomic E-state index is -5.00. The van der Waals surface area contributed by atoms with E-state index in [9.17, 15) is 26.7 Å². The average molecular weight is 373 g/mol. The number of rotatable bonds is 4. The maximum absolute atomic E-state index is 14.4. The zero-order valence-corrected chi connectivity index (χ0v) is 13.9. The largest absolute Gasteiger partial charge is 0.481 e. The van der Waals surface area contributed by atoms with Crippen molar-refractivity contribution in [3.8, 4) is 11.1 Å². The van der Waals surface area contributed by atoms with Gasteiger partial charge in [0.2, 0.25) is 0 Å². The van der Waals surface area contributed by atoms with Crippen molar-refractivity contribution in [1.29, 1.82) is 0 Å². The van der Waals surface area contributed by atoms with Gasteiger partial charge in [0, 0.05) is 11.6 Å². The number of carboxylic acid groups (broad SMARTS) is 1. The van der Waals surface area contributed by atoms with E-state index < -0.39 is 47.4 Å². The number of carbonyl (C=O) groups is 1. The summed E-state index contributed by atoms with van der Waals surface area (Å²) in [5.74, 6) is -3.53. The van der Waals surface area contributed by atoms with Crippen molar-refractivity contribution in [2.24, 2.45) is 5.73 Å². The maximum atomic E-state index is 14.4. The van der Waals surface area contributed by atoms with Gasteiger partial charge in [0.1, 0.15) is 11.6 Å². The average Bonchev–Trinajstić information content (AvgIpc) is 2.45. The molecule has 0 saturated heterocycles. The number of aliphatic carboxylic acids is 1. The molecular weight excluding hydrogens is 357 g/mol. The normalized spacial score (nSPS) is 12.9. The summed E-state index contributed by atoms with van der Waals surface area (Å²) in [4.78, 5) is 10.8. The quantitative estimate of drug-likeness (QED) is 0.761. The Morgan fingerprint density at radius 2 is 1.65 bits per heavy atom. The fraction of sp³-hybridized carbons (Fsp3) is 0.278. The van der Waals surface area contributed by atoms with E-state index in [-0.39, 0.29) is 5.56 Å². The Bertz CT molecular complexity index is 838. The van der Waals surface area contributed by atoms with Gasteiger partial charge in [0.15, 0.2) is 0 Å². The summed E-state index contributed by atoms with van der Waals surface area (Å²) in [6.45, 7) is 3.03. The minimum absolute atomic E-state index is 0.00966. The minimum Gasteiger partial charge on any atom is -0.481 e. The van der Waals surface area contributed by atoms with Gasteiger partial charge < -0.3 is 10.8 Å². The summed E-state index contributed by atoms with van der Waals surface area (Å²) in [5, 5.41) is 8.80. The molecule has 0 radical (unpaired) electrons. The summed E-state index contributed by atoms with van der Waals surface area (Å²) in [7, 11) is 0. The number of carboxylic acids is 1. The van der Waals surface area contributed by atoms with Crippen LogP contribution in [0.2, 0.25) is 0 Å². The first kappa shape index (κ1) is 19.8. The summed E-state index contributed by atoms with van der Waals surface area (Å²) >= 11 is 0. The number of benzene rings is 2. The third-order valence-corrected chi connectivity index (χ3v) is 3.99. The molecule has 0 bridgehead atoms. The molecule has 0 fully saturated rings. The molecule has 3 N–H and O–H groups in total. The standard InChI is InChI=1S/C18H16F5NO2/c1-8-3-11(19)4-9(2)16(8)10-5-12(14(24)7-15(25)26)17(20)13(6-10)18(21,22)23/h3-6,14H,7,24H2,1-2H3,(H,25,26). The first-order valence-corrected chi connectivity index (χ1v) is 7.57. The zero-order chi connectivity index (χ0) is 19.8. The van der Waals surface area contributed by atoms with Crippen molar-refractivity contribution >= 4 is 5.97 Å². The van der Waals surface area contributed by atoms with E-state index in [4.69, 9.17) is 10.8 Å². The number of nitrogens with two attached hydrogens (primary N) is 1. The smallest absolute Gasteiger partial charge is 0.419 e. The van der Waals surface area contributed by atoms with E-state index in [1.807, 2.05) is 0 Å². The van der Waals surface area contributed by atoms with Crippen molar-refractivity contribution < 1.29 is 31.9 Å². The predicted molar refractivity (Wildman–Crippen MR) is 85.5 cm³/mol. The second-order valence-electron chi connectivity index (χ2n) is 6.04. The highest BCUT2D eigenvalue weighted by Gasteiger charge is 2.36. The van der Waals surface area contributed by atoms with Crippen LogP contribution in [0.15, 0.2) is 24.3 Å². The lowest BCUT2D eigenvalue weighted by atomic mass is 9.90. The molecule has 1 atom stereocenters. The SMILES string of the molecule is Cc1cc(F)cc(C)c1-c1cc(C(N)CC(=O)O)c(F)c(C(F)(F)F)c1. The number of aryl methyl sites for hydroxylation is 2. The molecule has 0 heterocycles. The van der Waals surface area contributed by atoms with Crippen molar-refractivity contribution in [3.63, 3.8) is 0 Å². The fourth-order valence-corrected chi connectivity index (χ4v) is 2.93. The molecule has 2 aromatic carbocycles. The Morgan fingerprint density at radius 1 is 1.12 bits per heavy atom. The summed E-state index contributed by atoms with van der Waals surface area (Å²) in [6.07, 6.45) is -5.74. The third kappa shape index (κ3) is 4.01. The van der Waals surface area contributed by atoms with Gasteiger partial charge in [-0.3, -0.25) is 4.79 Å². The number of hydrogen-bond donors (Lipinski definition) is 2. The molecular formula is C18H16F5NO2. The summed E-state index contributed by atoms with van der Waals surface area (Å²) in [6, 6.07) is 2.55. The molecule has 26 heavy (non-hydrogen) atoms. The highest BCUT2D eigenvalue weighted by atomic mass is 19.4. The van der Waals surface area contributed by atoms with E-state index in [0.29, 0.717) is 22.8 Å². The fourth-order valence-electron chi connectivity index (χ4n) is 2.93. The van der Waals surface area contributed by atoms with Crippen molar-refractivity contribution in [2.45, 2.75) is 32.5 Å². The third-order valence-electron chi connectivity index (χ3n) is 3.99. The van der Waals surface area contributed by atoms with Crippen LogP contribution in [-0.2, 0) is 11.0 Å². The van der Waals surface area contributed by atoms with Gasteiger partial charge in [0.05, 0.1) is 12.0 Å². The number of alkyl halides is 3. The van der Waals surface area contributed by atoms with Gasteiger partial charge in [-0.05, 0) is 60.4 Å². The van der Waals surface area contributed by atoms with Crippen LogP contribution in [0.25, 0.3) is 11.1 Å². The van der Waals surface area contributed by atoms with Crippen LogP contribution in [0.1, 0.15) is 34.7 Å². The van der Waals surface area contributed by atoms with Crippen LogP contribution in [0.5, 0.6) is 0 Å². The van der Waals surface area contributed by atoms with Crippen molar-refractivity contribution in [2.75, 3.05) is 0 Å². The first-order valence-electron chi connectivity index (χ1n) is 7.57. The van der Waals surface area contributed by atoms with Gasteiger partial charge in [-0.1, -0.05) is 0 Å². The lowest BCUT2D eigenvalue weighted by molar-refractivity contribution is -0.140. The lowest BCUT2D eigenvalue weighted by Crippen LogP contribution is -2.19. The summed E-state index contributed by atoms with van der Waals surface area (Å²) < 4.78 is 67.6. The van der Waals surface area contributed by atoms with Crippen molar-refractivity contribution in [3.05, 3.63) is 58.2 Å².